The predicted octanol–water partition coefficient (Wildman–Crippen LogP) is 3.47. The van der Waals surface area contributed by atoms with Crippen molar-refractivity contribution in [3.63, 3.8) is 0 Å². The fourth-order valence-electron chi connectivity index (χ4n) is 2.21. The third kappa shape index (κ3) is 6.78. The molecule has 1 heterocycles. The van der Waals surface area contributed by atoms with Crippen LogP contribution in [-0.2, 0) is 9.59 Å². The Bertz CT molecular complexity index is 755. The second-order valence-electron chi connectivity index (χ2n) is 5.65. The Morgan fingerprint density at radius 1 is 1.15 bits per heavy atom. The maximum atomic E-state index is 12.1. The highest BCUT2D eigenvalue weighted by Crippen LogP contribution is 2.24. The maximum Gasteiger partial charge on any atom is 0.239 e. The lowest BCUT2D eigenvalue weighted by Crippen LogP contribution is -2.32. The van der Waals surface area contributed by atoms with Crippen LogP contribution < -0.4 is 10.6 Å². The largest absolute Gasteiger partial charge is 0.325 e. The van der Waals surface area contributed by atoms with Gasteiger partial charge >= 0.3 is 0 Å². The van der Waals surface area contributed by atoms with Crippen LogP contribution in [0.4, 0.5) is 11.5 Å². The molecule has 2 N–H and O–H groups in total. The number of pyridine rings is 1. The summed E-state index contributed by atoms with van der Waals surface area (Å²) < 4.78 is 0.849. The highest BCUT2D eigenvalue weighted by Gasteiger charge is 2.11. The van der Waals surface area contributed by atoms with E-state index in [0.29, 0.717) is 18.8 Å². The predicted molar refractivity (Wildman–Crippen MR) is 110 cm³/mol. The van der Waals surface area contributed by atoms with E-state index in [1.54, 1.807) is 36.0 Å². The molecule has 2 aromatic rings. The summed E-state index contributed by atoms with van der Waals surface area (Å²) in [5.74, 6) is 0.252. The molecule has 0 saturated heterocycles. The second-order valence-corrected chi connectivity index (χ2v) is 7.41. The molecule has 138 valence electrons. The van der Waals surface area contributed by atoms with Crippen LogP contribution in [0.3, 0.4) is 0 Å². The highest BCUT2D eigenvalue weighted by molar-refractivity contribution is 9.10. The van der Waals surface area contributed by atoms with Crippen molar-refractivity contribution in [2.45, 2.75) is 11.3 Å². The van der Waals surface area contributed by atoms with E-state index in [0.717, 1.165) is 15.1 Å². The minimum Gasteiger partial charge on any atom is -0.325 e. The van der Waals surface area contributed by atoms with E-state index in [1.807, 2.05) is 36.6 Å². The van der Waals surface area contributed by atoms with Gasteiger partial charge < -0.3 is 10.6 Å². The number of rotatable bonds is 8. The van der Waals surface area contributed by atoms with Crippen molar-refractivity contribution in [3.8, 4) is 0 Å². The van der Waals surface area contributed by atoms with E-state index < -0.39 is 0 Å². The second kappa shape index (κ2) is 10.3. The number of nitrogens with one attached hydrogen (secondary N) is 2. The van der Waals surface area contributed by atoms with Crippen LogP contribution in [0, 0.1) is 0 Å². The van der Waals surface area contributed by atoms with Crippen molar-refractivity contribution in [1.82, 2.24) is 9.88 Å². The van der Waals surface area contributed by atoms with Crippen molar-refractivity contribution >= 4 is 51.0 Å². The van der Waals surface area contributed by atoms with E-state index in [2.05, 4.69) is 31.5 Å². The molecule has 0 radical (unpaired) electrons. The Morgan fingerprint density at radius 2 is 1.92 bits per heavy atom. The summed E-state index contributed by atoms with van der Waals surface area (Å²) in [5, 5.41) is 5.64. The third-order valence-electron chi connectivity index (χ3n) is 3.51. The smallest absolute Gasteiger partial charge is 0.239 e. The normalized spacial score (nSPS) is 10.6. The van der Waals surface area contributed by atoms with Crippen LogP contribution in [0.1, 0.15) is 6.42 Å². The van der Waals surface area contributed by atoms with Gasteiger partial charge in [0.25, 0.3) is 0 Å². The number of likely N-dealkylation sites (N-methyl/N-ethyl adjacent to an activating group) is 1. The quantitative estimate of drug-likeness (QED) is 0.619. The minimum atomic E-state index is -0.171. The molecule has 0 aliphatic carbocycles. The lowest BCUT2D eigenvalue weighted by Gasteiger charge is -2.16. The van der Waals surface area contributed by atoms with Gasteiger partial charge in [-0.15, -0.1) is 11.8 Å². The molecule has 0 aliphatic rings. The van der Waals surface area contributed by atoms with E-state index in [-0.39, 0.29) is 18.4 Å². The molecule has 0 atom stereocenters. The summed E-state index contributed by atoms with van der Waals surface area (Å²) >= 11 is 4.88. The summed E-state index contributed by atoms with van der Waals surface area (Å²) in [6.07, 6.45) is 3.90. The minimum absolute atomic E-state index is 0.0756. The van der Waals surface area contributed by atoms with Gasteiger partial charge in [0.1, 0.15) is 5.82 Å². The Morgan fingerprint density at radius 3 is 2.62 bits per heavy atom. The number of anilines is 2. The van der Waals surface area contributed by atoms with Gasteiger partial charge in [-0.2, -0.15) is 0 Å². The van der Waals surface area contributed by atoms with Crippen molar-refractivity contribution in [3.05, 3.63) is 47.1 Å². The van der Waals surface area contributed by atoms with Gasteiger partial charge in [-0.3, -0.25) is 14.5 Å². The number of benzene rings is 1. The fourth-order valence-corrected chi connectivity index (χ4v) is 3.00. The number of carbonyl (C=O) groups is 2. The topological polar surface area (TPSA) is 74.3 Å². The number of amides is 2. The molecule has 0 bridgehead atoms. The number of thioether (sulfide) groups is 1. The van der Waals surface area contributed by atoms with Crippen LogP contribution >= 0.6 is 27.7 Å². The first-order valence-corrected chi connectivity index (χ1v) is 10.0. The monoisotopic (exact) mass is 436 g/mol. The maximum absolute atomic E-state index is 12.1. The molecule has 0 unspecified atom stereocenters. The van der Waals surface area contributed by atoms with Crippen molar-refractivity contribution in [1.29, 1.82) is 0 Å². The molecule has 0 spiro atoms. The Balaban J connectivity index is 1.75. The van der Waals surface area contributed by atoms with Crippen LogP contribution in [0.15, 0.2) is 52.0 Å². The number of hydrogen-bond acceptors (Lipinski definition) is 5. The van der Waals surface area contributed by atoms with Gasteiger partial charge in [-0.25, -0.2) is 4.98 Å². The fraction of sp³-hybridized carbons (Fsp3) is 0.278. The lowest BCUT2D eigenvalue weighted by molar-refractivity contribution is -0.119. The van der Waals surface area contributed by atoms with E-state index in [9.17, 15) is 9.59 Å². The Kier molecular flexibility index (Phi) is 8.08. The Labute approximate surface area is 165 Å². The first-order chi connectivity index (χ1) is 12.5. The van der Waals surface area contributed by atoms with E-state index in [4.69, 9.17) is 0 Å². The average Bonchev–Trinajstić information content (AvgIpc) is 2.62. The molecule has 6 nitrogen and oxygen atoms in total. The summed E-state index contributed by atoms with van der Waals surface area (Å²) in [5.41, 5.74) is 0.812. The van der Waals surface area contributed by atoms with Crippen LogP contribution in [0.2, 0.25) is 0 Å². The Hall–Kier alpha value is -1.90. The zero-order valence-electron chi connectivity index (χ0n) is 14.7. The number of carbonyl (C=O) groups excluding carboxylic acids is 2. The van der Waals surface area contributed by atoms with Gasteiger partial charge in [0.2, 0.25) is 11.8 Å². The summed E-state index contributed by atoms with van der Waals surface area (Å²) in [4.78, 5) is 31.1. The molecule has 0 fully saturated rings. The van der Waals surface area contributed by atoms with Crippen LogP contribution in [-0.4, -0.2) is 48.1 Å². The zero-order chi connectivity index (χ0) is 18.9. The SMILES string of the molecule is CSc1ccccc1NC(=O)CCN(C)CC(=O)Nc1ccc(Br)cn1. The lowest BCUT2D eigenvalue weighted by atomic mass is 10.3. The highest BCUT2D eigenvalue weighted by atomic mass is 79.9. The number of halogens is 1. The van der Waals surface area contributed by atoms with Crippen molar-refractivity contribution in [2.24, 2.45) is 0 Å². The van der Waals surface area contributed by atoms with Gasteiger partial charge in [-0.1, -0.05) is 12.1 Å². The molecule has 0 saturated carbocycles. The number of aromatic nitrogens is 1. The summed E-state index contributed by atoms with van der Waals surface area (Å²) in [7, 11) is 1.80. The number of para-hydroxylation sites is 1. The van der Waals surface area contributed by atoms with Crippen molar-refractivity contribution in [2.75, 3.05) is 37.0 Å². The van der Waals surface area contributed by atoms with E-state index in [1.165, 1.54) is 0 Å². The van der Waals surface area contributed by atoms with Gasteiger partial charge in [0, 0.05) is 28.5 Å². The molecule has 26 heavy (non-hydrogen) atoms. The first kappa shape index (κ1) is 20.4. The first-order valence-electron chi connectivity index (χ1n) is 8.00. The molecule has 8 heteroatoms. The standard InChI is InChI=1S/C18H21BrN4O2S/c1-23(12-18(25)22-16-8-7-13(19)11-20-16)10-9-17(24)21-14-5-3-4-6-15(14)26-2/h3-8,11H,9-10,12H2,1-2H3,(H,21,24)(H,20,22,25). The van der Waals surface area contributed by atoms with Crippen molar-refractivity contribution < 1.29 is 9.59 Å². The van der Waals surface area contributed by atoms with Gasteiger partial charge in [-0.05, 0) is 53.5 Å². The molecule has 2 amide bonds. The third-order valence-corrected chi connectivity index (χ3v) is 4.77. The molecule has 1 aromatic carbocycles. The molecule has 1 aromatic heterocycles. The number of nitrogens with zero attached hydrogens (tertiary/aromatic N) is 2. The molecule has 2 rings (SSSR count). The average molecular weight is 437 g/mol. The van der Waals surface area contributed by atoms with Gasteiger partial charge in [0.15, 0.2) is 0 Å². The molecular weight excluding hydrogens is 416 g/mol. The van der Waals surface area contributed by atoms with Crippen LogP contribution in [0.5, 0.6) is 0 Å². The molecule has 0 aliphatic heterocycles. The number of hydrogen-bond donors (Lipinski definition) is 2. The summed E-state index contributed by atoms with van der Waals surface area (Å²) in [6.45, 7) is 0.668. The van der Waals surface area contributed by atoms with E-state index >= 15 is 0 Å². The summed E-state index contributed by atoms with van der Waals surface area (Å²) in [6, 6.07) is 11.2. The van der Waals surface area contributed by atoms with Crippen LogP contribution in [0.25, 0.3) is 0 Å². The van der Waals surface area contributed by atoms with Gasteiger partial charge in [0.05, 0.1) is 12.2 Å². The molecular formula is C18H21BrN4O2S. The zero-order valence-corrected chi connectivity index (χ0v) is 17.1.